The number of aliphatic hydroxyl groups excluding tert-OH is 1. The molecule has 1 aromatic rings. The van der Waals surface area contributed by atoms with E-state index >= 15 is 0 Å². The van der Waals surface area contributed by atoms with E-state index in [1.54, 1.807) is 13.0 Å². The number of halogens is 2. The standard InChI is InChI=1S/C19H26ClFN2O2/c1-13(25)23-6-4-14(5-7-23)18-11-22(10-16(18)12-24)9-15-2-3-17(21)8-19(15)20/h2-3,8,14,16,18,24H,4-7,9-12H2,1H3/t16-,18-/m0/s1. The highest BCUT2D eigenvalue weighted by atomic mass is 35.5. The lowest BCUT2D eigenvalue weighted by Crippen LogP contribution is -2.40. The number of aliphatic hydroxyl groups is 1. The second-order valence-corrected chi connectivity index (χ2v) is 7.79. The van der Waals surface area contributed by atoms with Crippen molar-refractivity contribution in [2.45, 2.75) is 26.3 Å². The van der Waals surface area contributed by atoms with Crippen LogP contribution in [0.4, 0.5) is 4.39 Å². The quantitative estimate of drug-likeness (QED) is 0.888. The summed E-state index contributed by atoms with van der Waals surface area (Å²) >= 11 is 6.16. The number of hydrogen-bond acceptors (Lipinski definition) is 3. The zero-order chi connectivity index (χ0) is 18.0. The Balaban J connectivity index is 1.61. The molecule has 0 spiro atoms. The first-order valence-electron chi connectivity index (χ1n) is 9.00. The van der Waals surface area contributed by atoms with E-state index in [1.807, 2.05) is 4.90 Å². The SMILES string of the molecule is CC(=O)N1CCC([C@@H]2CN(Cc3ccc(F)cc3Cl)C[C@H]2CO)CC1. The predicted octanol–water partition coefficient (Wildman–Crippen LogP) is 2.78. The molecule has 3 rings (SSSR count). The van der Waals surface area contributed by atoms with Crippen molar-refractivity contribution in [3.05, 3.63) is 34.6 Å². The molecule has 0 bridgehead atoms. The highest BCUT2D eigenvalue weighted by Crippen LogP contribution is 2.36. The first-order chi connectivity index (χ1) is 12.0. The second-order valence-electron chi connectivity index (χ2n) is 7.38. The van der Waals surface area contributed by atoms with Gasteiger partial charge < -0.3 is 10.0 Å². The van der Waals surface area contributed by atoms with Gasteiger partial charge in [-0.3, -0.25) is 9.69 Å². The van der Waals surface area contributed by atoms with Gasteiger partial charge in [-0.2, -0.15) is 0 Å². The number of amides is 1. The van der Waals surface area contributed by atoms with Crippen LogP contribution in [-0.2, 0) is 11.3 Å². The summed E-state index contributed by atoms with van der Waals surface area (Å²) in [6.07, 6.45) is 2.01. The lowest BCUT2D eigenvalue weighted by molar-refractivity contribution is -0.130. The maximum atomic E-state index is 13.2. The van der Waals surface area contributed by atoms with Gasteiger partial charge in [0.15, 0.2) is 0 Å². The van der Waals surface area contributed by atoms with Crippen molar-refractivity contribution in [2.75, 3.05) is 32.8 Å². The Hall–Kier alpha value is -1.17. The number of benzene rings is 1. The third kappa shape index (κ3) is 4.33. The summed E-state index contributed by atoms with van der Waals surface area (Å²) in [7, 11) is 0. The molecule has 138 valence electrons. The minimum atomic E-state index is -0.321. The molecule has 25 heavy (non-hydrogen) atoms. The van der Waals surface area contributed by atoms with E-state index in [4.69, 9.17) is 11.6 Å². The van der Waals surface area contributed by atoms with Gasteiger partial charge in [0.05, 0.1) is 0 Å². The number of likely N-dealkylation sites (tertiary alicyclic amines) is 2. The van der Waals surface area contributed by atoms with Crippen LogP contribution in [0.3, 0.4) is 0 Å². The normalized spacial score (nSPS) is 25.5. The summed E-state index contributed by atoms with van der Waals surface area (Å²) in [5.74, 6) is 1.07. The van der Waals surface area contributed by atoms with E-state index in [2.05, 4.69) is 4.90 Å². The Kier molecular flexibility index (Phi) is 5.97. The number of carbonyl (C=O) groups is 1. The van der Waals surface area contributed by atoms with Crippen LogP contribution in [0.1, 0.15) is 25.3 Å². The number of hydrogen-bond donors (Lipinski definition) is 1. The Morgan fingerprint density at radius 2 is 2.04 bits per heavy atom. The Morgan fingerprint density at radius 3 is 2.64 bits per heavy atom. The molecule has 1 aromatic carbocycles. The molecule has 6 heteroatoms. The Bertz CT molecular complexity index is 619. The van der Waals surface area contributed by atoms with Crippen LogP contribution in [0.2, 0.25) is 5.02 Å². The van der Waals surface area contributed by atoms with Crippen molar-refractivity contribution in [1.82, 2.24) is 9.80 Å². The molecule has 0 saturated carbocycles. The molecule has 4 nitrogen and oxygen atoms in total. The van der Waals surface area contributed by atoms with Gasteiger partial charge in [0.1, 0.15) is 5.82 Å². The van der Waals surface area contributed by atoms with Crippen LogP contribution in [-0.4, -0.2) is 53.6 Å². The zero-order valence-electron chi connectivity index (χ0n) is 14.6. The van der Waals surface area contributed by atoms with Gasteiger partial charge in [0, 0.05) is 51.3 Å². The summed E-state index contributed by atoms with van der Waals surface area (Å²) in [6, 6.07) is 4.53. The molecule has 0 unspecified atom stereocenters. The van der Waals surface area contributed by atoms with Gasteiger partial charge in [0.25, 0.3) is 0 Å². The smallest absolute Gasteiger partial charge is 0.219 e. The average molecular weight is 369 g/mol. The van der Waals surface area contributed by atoms with Crippen molar-refractivity contribution in [2.24, 2.45) is 17.8 Å². The molecule has 2 heterocycles. The lowest BCUT2D eigenvalue weighted by atomic mass is 9.79. The van der Waals surface area contributed by atoms with Gasteiger partial charge in [-0.15, -0.1) is 0 Å². The fourth-order valence-electron chi connectivity index (χ4n) is 4.38. The molecule has 1 amide bonds. The van der Waals surface area contributed by atoms with E-state index in [1.165, 1.54) is 12.1 Å². The van der Waals surface area contributed by atoms with Crippen LogP contribution in [0.15, 0.2) is 18.2 Å². The Morgan fingerprint density at radius 1 is 1.32 bits per heavy atom. The number of rotatable bonds is 4. The van der Waals surface area contributed by atoms with Crippen molar-refractivity contribution < 1.29 is 14.3 Å². The van der Waals surface area contributed by atoms with E-state index in [9.17, 15) is 14.3 Å². The molecular weight excluding hydrogens is 343 g/mol. The van der Waals surface area contributed by atoms with Crippen molar-refractivity contribution in [1.29, 1.82) is 0 Å². The third-order valence-corrected chi connectivity index (χ3v) is 6.15. The first kappa shape index (κ1) is 18.6. The molecule has 1 N–H and O–H groups in total. The molecule has 2 aliphatic rings. The van der Waals surface area contributed by atoms with Crippen LogP contribution in [0.5, 0.6) is 0 Å². The van der Waals surface area contributed by atoms with Gasteiger partial charge in [-0.1, -0.05) is 17.7 Å². The molecule has 0 aliphatic carbocycles. The molecule has 2 saturated heterocycles. The van der Waals surface area contributed by atoms with E-state index in [0.29, 0.717) is 23.4 Å². The monoisotopic (exact) mass is 368 g/mol. The predicted molar refractivity (Wildman–Crippen MR) is 95.7 cm³/mol. The minimum Gasteiger partial charge on any atom is -0.396 e. The highest BCUT2D eigenvalue weighted by Gasteiger charge is 2.38. The summed E-state index contributed by atoms with van der Waals surface area (Å²) in [6.45, 7) is 5.88. The van der Waals surface area contributed by atoms with Crippen molar-refractivity contribution >= 4 is 17.5 Å². The summed E-state index contributed by atoms with van der Waals surface area (Å²) < 4.78 is 13.2. The molecule has 2 aliphatic heterocycles. The number of nitrogens with zero attached hydrogens (tertiary/aromatic N) is 2. The average Bonchev–Trinajstić information content (AvgIpc) is 3.00. The van der Waals surface area contributed by atoms with E-state index in [0.717, 1.165) is 44.6 Å². The highest BCUT2D eigenvalue weighted by molar-refractivity contribution is 6.31. The summed E-state index contributed by atoms with van der Waals surface area (Å²) in [5.41, 5.74) is 0.923. The third-order valence-electron chi connectivity index (χ3n) is 5.80. The Labute approximate surface area is 153 Å². The van der Waals surface area contributed by atoms with Crippen molar-refractivity contribution in [3.63, 3.8) is 0 Å². The van der Waals surface area contributed by atoms with Gasteiger partial charge in [-0.05, 0) is 48.3 Å². The van der Waals surface area contributed by atoms with Crippen molar-refractivity contribution in [3.8, 4) is 0 Å². The second kappa shape index (κ2) is 8.02. The largest absolute Gasteiger partial charge is 0.396 e. The van der Waals surface area contributed by atoms with Crippen LogP contribution in [0, 0.1) is 23.6 Å². The van der Waals surface area contributed by atoms with Crippen LogP contribution >= 0.6 is 11.6 Å². The van der Waals surface area contributed by atoms with Gasteiger partial charge >= 0.3 is 0 Å². The lowest BCUT2D eigenvalue weighted by Gasteiger charge is -2.36. The summed E-state index contributed by atoms with van der Waals surface area (Å²) in [5, 5.41) is 10.3. The topological polar surface area (TPSA) is 43.8 Å². The molecule has 0 radical (unpaired) electrons. The first-order valence-corrected chi connectivity index (χ1v) is 9.38. The van der Waals surface area contributed by atoms with Gasteiger partial charge in [-0.25, -0.2) is 4.39 Å². The van der Waals surface area contributed by atoms with E-state index in [-0.39, 0.29) is 24.2 Å². The van der Waals surface area contributed by atoms with Crippen LogP contribution in [0.25, 0.3) is 0 Å². The maximum Gasteiger partial charge on any atom is 0.219 e. The van der Waals surface area contributed by atoms with Gasteiger partial charge in [0.2, 0.25) is 5.91 Å². The fourth-order valence-corrected chi connectivity index (χ4v) is 4.61. The molecule has 2 fully saturated rings. The molecule has 2 atom stereocenters. The van der Waals surface area contributed by atoms with Crippen LogP contribution < -0.4 is 0 Å². The van der Waals surface area contributed by atoms with E-state index < -0.39 is 0 Å². The molecular formula is C19H26ClFN2O2. The minimum absolute atomic E-state index is 0.149. The number of piperidine rings is 1. The maximum absolute atomic E-state index is 13.2. The fraction of sp³-hybridized carbons (Fsp3) is 0.632. The molecule has 0 aromatic heterocycles. The zero-order valence-corrected chi connectivity index (χ0v) is 15.4. The summed E-state index contributed by atoms with van der Waals surface area (Å²) in [4.78, 5) is 15.7. The number of carbonyl (C=O) groups excluding carboxylic acids is 1.